The molecule has 0 bridgehead atoms. The van der Waals surface area contributed by atoms with Gasteiger partial charge in [-0.25, -0.2) is 0 Å². The van der Waals surface area contributed by atoms with Gasteiger partial charge in [-0.15, -0.1) is 0 Å². The minimum Gasteiger partial charge on any atom is -0.311 e. The monoisotopic (exact) mass is 311 g/mol. The van der Waals surface area contributed by atoms with Crippen LogP contribution in [0.4, 0.5) is 11.4 Å². The van der Waals surface area contributed by atoms with Crippen LogP contribution in [0.2, 0.25) is 0 Å². The Balaban J connectivity index is 1.80. The van der Waals surface area contributed by atoms with Gasteiger partial charge in [0.15, 0.2) is 0 Å². The van der Waals surface area contributed by atoms with Gasteiger partial charge in [0, 0.05) is 17.1 Å². The van der Waals surface area contributed by atoms with E-state index in [2.05, 4.69) is 84.3 Å². The van der Waals surface area contributed by atoms with Crippen LogP contribution in [0.1, 0.15) is 24.0 Å². The highest BCUT2D eigenvalue weighted by Crippen LogP contribution is 2.37. The molecule has 1 heteroatoms. The second-order valence-corrected chi connectivity index (χ2v) is 6.27. The van der Waals surface area contributed by atoms with Crippen molar-refractivity contribution >= 4 is 16.9 Å². The zero-order valence-corrected chi connectivity index (χ0v) is 13.8. The van der Waals surface area contributed by atoms with Gasteiger partial charge in [0.1, 0.15) is 0 Å². The highest BCUT2D eigenvalue weighted by Gasteiger charge is 2.18. The molecule has 0 unspecified atom stereocenters. The number of fused-ring (bicyclic) bond motifs is 1. The van der Waals surface area contributed by atoms with Crippen molar-refractivity contribution in [3.8, 4) is 0 Å². The van der Waals surface area contributed by atoms with Crippen molar-refractivity contribution in [2.75, 3.05) is 4.90 Å². The first-order chi connectivity index (χ1) is 11.8. The molecule has 0 amide bonds. The number of rotatable bonds is 2. The number of anilines is 2. The van der Waals surface area contributed by atoms with Gasteiger partial charge >= 0.3 is 0 Å². The maximum atomic E-state index is 4.26. The van der Waals surface area contributed by atoms with Crippen molar-refractivity contribution < 1.29 is 0 Å². The van der Waals surface area contributed by atoms with E-state index < -0.39 is 0 Å². The molecule has 1 heterocycles. The molecule has 1 aliphatic heterocycles. The van der Waals surface area contributed by atoms with E-state index in [4.69, 9.17) is 0 Å². The van der Waals surface area contributed by atoms with Crippen molar-refractivity contribution in [1.82, 2.24) is 0 Å². The summed E-state index contributed by atoms with van der Waals surface area (Å²) in [4.78, 5) is 2.25. The van der Waals surface area contributed by atoms with Crippen molar-refractivity contribution in [2.45, 2.75) is 19.3 Å². The normalized spacial score (nSPS) is 16.6. The molecule has 0 saturated carbocycles. The van der Waals surface area contributed by atoms with Crippen LogP contribution in [-0.4, -0.2) is 0 Å². The molecule has 0 fully saturated rings. The van der Waals surface area contributed by atoms with E-state index in [9.17, 15) is 0 Å². The molecule has 0 atom stereocenters. The van der Waals surface area contributed by atoms with Crippen LogP contribution in [0, 0.1) is 0 Å². The Morgan fingerprint density at radius 3 is 2.62 bits per heavy atom. The Kier molecular flexibility index (Phi) is 3.92. The largest absolute Gasteiger partial charge is 0.311 e. The van der Waals surface area contributed by atoms with E-state index in [0.29, 0.717) is 0 Å². The Morgan fingerprint density at radius 1 is 0.958 bits per heavy atom. The standard InChI is InChI=1S/C23H21N/c1-18-9-8-12-21-17-20(19-10-4-2-5-11-19)15-16-23(21)24(18)22-13-6-3-7-14-22/h2-4,6-10,13-17H,1,5,11-12H2. The SMILES string of the molecule is C=C1C=CCc2cc(C3=CC=CCC3)ccc2N1c1ccccc1. The second kappa shape index (κ2) is 6.37. The minimum absolute atomic E-state index is 0.939. The van der Waals surface area contributed by atoms with Crippen molar-refractivity contribution in [1.29, 1.82) is 0 Å². The van der Waals surface area contributed by atoms with E-state index in [-0.39, 0.29) is 0 Å². The Labute approximate surface area is 143 Å². The molecule has 0 saturated heterocycles. The van der Waals surface area contributed by atoms with Crippen LogP contribution in [0.3, 0.4) is 0 Å². The molecule has 0 aromatic heterocycles. The Hall–Kier alpha value is -2.80. The van der Waals surface area contributed by atoms with Gasteiger partial charge in [-0.2, -0.15) is 0 Å². The van der Waals surface area contributed by atoms with Gasteiger partial charge in [0.2, 0.25) is 0 Å². The van der Waals surface area contributed by atoms with Crippen molar-refractivity contribution in [2.24, 2.45) is 0 Å². The summed E-state index contributed by atoms with van der Waals surface area (Å²) >= 11 is 0. The van der Waals surface area contributed by atoms with Crippen LogP contribution in [0.25, 0.3) is 5.57 Å². The zero-order valence-electron chi connectivity index (χ0n) is 13.8. The fourth-order valence-corrected chi connectivity index (χ4v) is 3.44. The van der Waals surface area contributed by atoms with Gasteiger partial charge in [-0.1, -0.05) is 55.1 Å². The summed E-state index contributed by atoms with van der Waals surface area (Å²) in [6.45, 7) is 4.26. The summed E-state index contributed by atoms with van der Waals surface area (Å²) in [5, 5.41) is 0. The Bertz CT molecular complexity index is 853. The lowest BCUT2D eigenvalue weighted by Crippen LogP contribution is -2.14. The molecular formula is C23H21N. The number of hydrogen-bond acceptors (Lipinski definition) is 1. The van der Waals surface area contributed by atoms with Crippen LogP contribution < -0.4 is 4.90 Å². The molecule has 0 radical (unpaired) electrons. The summed E-state index contributed by atoms with van der Waals surface area (Å²) in [5.41, 5.74) is 7.51. The summed E-state index contributed by atoms with van der Waals surface area (Å²) in [5.74, 6) is 0. The third-order valence-corrected chi connectivity index (χ3v) is 4.65. The van der Waals surface area contributed by atoms with Gasteiger partial charge < -0.3 is 4.90 Å². The molecule has 1 aliphatic carbocycles. The second-order valence-electron chi connectivity index (χ2n) is 6.27. The number of para-hydroxylation sites is 1. The van der Waals surface area contributed by atoms with Crippen LogP contribution >= 0.6 is 0 Å². The molecule has 2 aromatic carbocycles. The fourth-order valence-electron chi connectivity index (χ4n) is 3.44. The van der Waals surface area contributed by atoms with Gasteiger partial charge in [-0.05, 0) is 66.3 Å². The van der Waals surface area contributed by atoms with Crippen LogP contribution in [-0.2, 0) is 6.42 Å². The van der Waals surface area contributed by atoms with E-state index in [0.717, 1.165) is 30.6 Å². The van der Waals surface area contributed by atoms with Gasteiger partial charge in [-0.3, -0.25) is 0 Å². The summed E-state index contributed by atoms with van der Waals surface area (Å²) < 4.78 is 0. The quantitative estimate of drug-likeness (QED) is 0.639. The molecule has 4 rings (SSSR count). The molecule has 118 valence electrons. The first-order valence-corrected chi connectivity index (χ1v) is 8.52. The molecule has 2 aliphatic rings. The molecule has 1 nitrogen and oxygen atoms in total. The molecule has 0 N–H and O–H groups in total. The topological polar surface area (TPSA) is 3.24 Å². The molecule has 0 spiro atoms. The summed E-state index contributed by atoms with van der Waals surface area (Å²) in [6, 6.07) is 17.3. The third-order valence-electron chi connectivity index (χ3n) is 4.65. The molecule has 24 heavy (non-hydrogen) atoms. The lowest BCUT2D eigenvalue weighted by Gasteiger charge is -2.27. The number of nitrogens with zero attached hydrogens (tertiary/aromatic N) is 1. The zero-order chi connectivity index (χ0) is 16.4. The fraction of sp³-hybridized carbons (Fsp3) is 0.130. The van der Waals surface area contributed by atoms with Crippen molar-refractivity contribution in [3.63, 3.8) is 0 Å². The van der Waals surface area contributed by atoms with E-state index >= 15 is 0 Å². The highest BCUT2D eigenvalue weighted by molar-refractivity contribution is 5.77. The first-order valence-electron chi connectivity index (χ1n) is 8.52. The smallest absolute Gasteiger partial charge is 0.0496 e. The number of allylic oxidation sites excluding steroid dienone is 6. The van der Waals surface area contributed by atoms with Crippen molar-refractivity contribution in [3.05, 3.63) is 102 Å². The molecule has 2 aromatic rings. The summed E-state index contributed by atoms with van der Waals surface area (Å²) in [7, 11) is 0. The van der Waals surface area contributed by atoms with Crippen LogP contribution in [0.5, 0.6) is 0 Å². The lowest BCUT2D eigenvalue weighted by molar-refractivity contribution is 1.05. The van der Waals surface area contributed by atoms with Crippen LogP contribution in [0.15, 0.2) is 91.2 Å². The van der Waals surface area contributed by atoms with E-state index in [1.54, 1.807) is 0 Å². The van der Waals surface area contributed by atoms with E-state index in [1.807, 2.05) is 6.07 Å². The third kappa shape index (κ3) is 2.74. The minimum atomic E-state index is 0.939. The maximum Gasteiger partial charge on any atom is 0.0496 e. The maximum absolute atomic E-state index is 4.26. The predicted molar refractivity (Wildman–Crippen MR) is 103 cm³/mol. The van der Waals surface area contributed by atoms with E-state index in [1.165, 1.54) is 22.4 Å². The lowest BCUT2D eigenvalue weighted by atomic mass is 9.94. The average molecular weight is 311 g/mol. The van der Waals surface area contributed by atoms with Gasteiger partial charge in [0.25, 0.3) is 0 Å². The predicted octanol–water partition coefficient (Wildman–Crippen LogP) is 6.18. The number of benzene rings is 2. The Morgan fingerprint density at radius 2 is 1.83 bits per heavy atom. The average Bonchev–Trinajstić information content (AvgIpc) is 2.80. The molecular weight excluding hydrogens is 290 g/mol. The highest BCUT2D eigenvalue weighted by atomic mass is 15.1. The first kappa shape index (κ1) is 14.8. The van der Waals surface area contributed by atoms with Gasteiger partial charge in [0.05, 0.1) is 0 Å². The number of hydrogen-bond donors (Lipinski definition) is 0. The summed E-state index contributed by atoms with van der Waals surface area (Å²) in [6.07, 6.45) is 14.2.